The largest absolute Gasteiger partial charge is 0.462 e. The van der Waals surface area contributed by atoms with E-state index in [0.29, 0.717) is 19.3 Å². The van der Waals surface area contributed by atoms with Gasteiger partial charge in [0.15, 0.2) is 6.10 Å². The lowest BCUT2D eigenvalue weighted by molar-refractivity contribution is -0.167. The summed E-state index contributed by atoms with van der Waals surface area (Å²) < 4.78 is 17.0. The summed E-state index contributed by atoms with van der Waals surface area (Å²) in [5.74, 6) is 0.0204. The molecule has 6 nitrogen and oxygen atoms in total. The lowest BCUT2D eigenvalue weighted by Crippen LogP contribution is -2.30. The molecule has 0 amide bonds. The van der Waals surface area contributed by atoms with Crippen LogP contribution >= 0.6 is 0 Å². The highest BCUT2D eigenvalue weighted by Gasteiger charge is 2.19. The Morgan fingerprint density at radius 2 is 0.471 bits per heavy atom. The SMILES string of the molecule is CCCCCCCCCCCCCCCCCCCCCC(=O)OC[C@@H](COC(=O)CCCCCCCCCCCCCCCCC)OC(=O)CCCCCCCCCCCCCCCCCC(C)C. The van der Waals surface area contributed by atoms with Crippen molar-refractivity contribution in [2.45, 2.75) is 374 Å². The third-order valence-corrected chi connectivity index (χ3v) is 14.8. The molecule has 0 aliphatic rings. The van der Waals surface area contributed by atoms with Gasteiger partial charge in [0, 0.05) is 19.3 Å². The van der Waals surface area contributed by atoms with E-state index in [1.54, 1.807) is 0 Å². The molecule has 0 fully saturated rings. The van der Waals surface area contributed by atoms with Gasteiger partial charge in [0.2, 0.25) is 0 Å². The number of carbonyl (C=O) groups excluding carboxylic acids is 3. The molecule has 1 atom stereocenters. The van der Waals surface area contributed by atoms with Gasteiger partial charge in [-0.05, 0) is 25.2 Å². The summed E-state index contributed by atoms with van der Waals surface area (Å²) in [5.41, 5.74) is 0. The number of esters is 3. The van der Waals surface area contributed by atoms with E-state index in [0.717, 1.165) is 63.7 Å². The Balaban J connectivity index is 4.28. The maximum atomic E-state index is 12.9. The Labute approximate surface area is 438 Å². The quantitative estimate of drug-likeness (QED) is 0.0343. The molecule has 0 aliphatic heterocycles. The maximum absolute atomic E-state index is 12.9. The van der Waals surface area contributed by atoms with Crippen molar-refractivity contribution >= 4 is 17.9 Å². The van der Waals surface area contributed by atoms with Crippen molar-refractivity contribution in [1.29, 1.82) is 0 Å². The first-order chi connectivity index (χ1) is 34.4. The van der Waals surface area contributed by atoms with Crippen LogP contribution in [0.3, 0.4) is 0 Å². The molecule has 0 aromatic rings. The fraction of sp³-hybridized carbons (Fsp3) is 0.953. The summed E-state index contributed by atoms with van der Waals surface area (Å²) in [6.45, 7) is 9.09. The van der Waals surface area contributed by atoms with Crippen LogP contribution in [-0.4, -0.2) is 37.2 Å². The zero-order valence-electron chi connectivity index (χ0n) is 48.0. The van der Waals surface area contributed by atoms with Crippen molar-refractivity contribution in [3.05, 3.63) is 0 Å². The van der Waals surface area contributed by atoms with E-state index in [9.17, 15) is 14.4 Å². The number of hydrogen-bond acceptors (Lipinski definition) is 6. The standard InChI is InChI=1S/C64H124O6/c1-5-7-9-11-13-15-17-19-21-22-23-24-28-32-36-40-44-48-52-56-63(66)69-59-61(58-68-62(65)55-51-47-43-39-35-31-26-20-18-16-14-12-10-8-6-2)70-64(67)57-53-49-45-41-37-33-29-25-27-30-34-38-42-46-50-54-60(3)4/h60-61H,5-59H2,1-4H3/t61-/m1/s1. The molecule has 0 saturated carbocycles. The second-order valence-electron chi connectivity index (χ2n) is 22.5. The number of rotatable bonds is 59. The minimum absolute atomic E-state index is 0.0611. The normalized spacial score (nSPS) is 12.0. The minimum atomic E-state index is -0.763. The van der Waals surface area contributed by atoms with Gasteiger partial charge >= 0.3 is 17.9 Å². The fourth-order valence-electron chi connectivity index (χ4n) is 9.99. The van der Waals surface area contributed by atoms with Gasteiger partial charge in [-0.15, -0.1) is 0 Å². The first kappa shape index (κ1) is 68.4. The van der Waals surface area contributed by atoms with Crippen molar-refractivity contribution in [3.63, 3.8) is 0 Å². The van der Waals surface area contributed by atoms with E-state index in [2.05, 4.69) is 27.7 Å². The van der Waals surface area contributed by atoms with Crippen molar-refractivity contribution in [1.82, 2.24) is 0 Å². The number of carbonyl (C=O) groups is 3. The highest BCUT2D eigenvalue weighted by molar-refractivity contribution is 5.71. The number of unbranched alkanes of at least 4 members (excludes halogenated alkanes) is 46. The maximum Gasteiger partial charge on any atom is 0.306 e. The van der Waals surface area contributed by atoms with E-state index in [1.807, 2.05) is 0 Å². The van der Waals surface area contributed by atoms with Crippen LogP contribution in [0.1, 0.15) is 368 Å². The molecule has 0 bridgehead atoms. The van der Waals surface area contributed by atoms with Gasteiger partial charge in [-0.1, -0.05) is 329 Å². The van der Waals surface area contributed by atoms with Crippen molar-refractivity contribution in [3.8, 4) is 0 Å². The van der Waals surface area contributed by atoms with Crippen molar-refractivity contribution < 1.29 is 28.6 Å². The highest BCUT2D eigenvalue weighted by atomic mass is 16.6. The molecule has 0 aromatic carbocycles. The summed E-state index contributed by atoms with van der Waals surface area (Å²) in [7, 11) is 0. The summed E-state index contributed by atoms with van der Waals surface area (Å²) in [4.78, 5) is 38.3. The third-order valence-electron chi connectivity index (χ3n) is 14.8. The van der Waals surface area contributed by atoms with Gasteiger partial charge in [-0.25, -0.2) is 0 Å². The molecule has 70 heavy (non-hydrogen) atoms. The van der Waals surface area contributed by atoms with E-state index < -0.39 is 6.10 Å². The summed E-state index contributed by atoms with van der Waals surface area (Å²) in [5, 5.41) is 0. The minimum Gasteiger partial charge on any atom is -0.462 e. The van der Waals surface area contributed by atoms with Crippen LogP contribution in [0.5, 0.6) is 0 Å². The molecule has 6 heteroatoms. The fourth-order valence-corrected chi connectivity index (χ4v) is 9.99. The van der Waals surface area contributed by atoms with Crippen LogP contribution in [-0.2, 0) is 28.6 Å². The Morgan fingerprint density at radius 3 is 0.700 bits per heavy atom. The van der Waals surface area contributed by atoms with Crippen LogP contribution in [0.4, 0.5) is 0 Å². The first-order valence-corrected chi connectivity index (χ1v) is 31.9. The Hall–Kier alpha value is -1.59. The molecule has 416 valence electrons. The molecule has 0 radical (unpaired) electrons. The molecular weight excluding hydrogens is 865 g/mol. The summed E-state index contributed by atoms with van der Waals surface area (Å²) in [6.07, 6.45) is 65.3. The molecule has 0 saturated heterocycles. The first-order valence-electron chi connectivity index (χ1n) is 31.9. The van der Waals surface area contributed by atoms with Crippen LogP contribution in [0.2, 0.25) is 0 Å². The smallest absolute Gasteiger partial charge is 0.306 e. The van der Waals surface area contributed by atoms with Crippen LogP contribution in [0.25, 0.3) is 0 Å². The molecule has 0 aliphatic carbocycles. The Morgan fingerprint density at radius 1 is 0.271 bits per heavy atom. The van der Waals surface area contributed by atoms with Crippen LogP contribution in [0, 0.1) is 5.92 Å². The molecular formula is C64H124O6. The van der Waals surface area contributed by atoms with Gasteiger partial charge < -0.3 is 14.2 Å². The third kappa shape index (κ3) is 57.3. The summed E-state index contributed by atoms with van der Waals surface area (Å²) >= 11 is 0. The number of hydrogen-bond donors (Lipinski definition) is 0. The topological polar surface area (TPSA) is 78.9 Å². The molecule has 0 unspecified atom stereocenters. The van der Waals surface area contributed by atoms with E-state index in [1.165, 1.54) is 263 Å². The predicted octanol–water partition coefficient (Wildman–Crippen LogP) is 21.4. The molecule has 0 aromatic heterocycles. The van der Waals surface area contributed by atoms with Gasteiger partial charge in [0.25, 0.3) is 0 Å². The van der Waals surface area contributed by atoms with E-state index in [-0.39, 0.29) is 31.1 Å². The van der Waals surface area contributed by atoms with Crippen LogP contribution in [0.15, 0.2) is 0 Å². The average molecular weight is 990 g/mol. The van der Waals surface area contributed by atoms with E-state index >= 15 is 0 Å². The van der Waals surface area contributed by atoms with Gasteiger partial charge in [-0.3, -0.25) is 14.4 Å². The molecule has 0 rings (SSSR count). The van der Waals surface area contributed by atoms with Gasteiger partial charge in [0.1, 0.15) is 13.2 Å². The second kappa shape index (κ2) is 58.3. The van der Waals surface area contributed by atoms with Gasteiger partial charge in [0.05, 0.1) is 0 Å². The lowest BCUT2D eigenvalue weighted by Gasteiger charge is -2.18. The summed E-state index contributed by atoms with van der Waals surface area (Å²) in [6, 6.07) is 0. The zero-order chi connectivity index (χ0) is 50.9. The predicted molar refractivity (Wildman–Crippen MR) is 303 cm³/mol. The van der Waals surface area contributed by atoms with Crippen molar-refractivity contribution in [2.75, 3.05) is 13.2 Å². The monoisotopic (exact) mass is 989 g/mol. The average Bonchev–Trinajstić information content (AvgIpc) is 3.35. The molecule has 0 spiro atoms. The molecule has 0 heterocycles. The zero-order valence-corrected chi connectivity index (χ0v) is 48.0. The lowest BCUT2D eigenvalue weighted by atomic mass is 10.0. The highest BCUT2D eigenvalue weighted by Crippen LogP contribution is 2.19. The Bertz CT molecular complexity index is 1060. The van der Waals surface area contributed by atoms with E-state index in [4.69, 9.17) is 14.2 Å². The molecule has 0 N–H and O–H groups in total. The van der Waals surface area contributed by atoms with Crippen LogP contribution < -0.4 is 0 Å². The number of ether oxygens (including phenoxy) is 3. The Kier molecular flexibility index (Phi) is 57.0. The van der Waals surface area contributed by atoms with Crippen molar-refractivity contribution in [2.24, 2.45) is 5.92 Å². The van der Waals surface area contributed by atoms with Gasteiger partial charge in [-0.2, -0.15) is 0 Å². The second-order valence-corrected chi connectivity index (χ2v) is 22.5.